The lowest BCUT2D eigenvalue weighted by molar-refractivity contribution is 0.0980. The molecular formula is C12H15N3O. The van der Waals surface area contributed by atoms with Crippen LogP contribution in [0.3, 0.4) is 0 Å². The third kappa shape index (κ3) is 3.75. The van der Waals surface area contributed by atoms with Gasteiger partial charge >= 0.3 is 0 Å². The van der Waals surface area contributed by atoms with Gasteiger partial charge in [0.1, 0.15) is 0 Å². The molecule has 0 heterocycles. The van der Waals surface area contributed by atoms with Gasteiger partial charge in [0.2, 0.25) is 0 Å². The molecule has 0 atom stereocenters. The minimum Gasteiger partial charge on any atom is -0.294 e. The summed E-state index contributed by atoms with van der Waals surface area (Å²) in [6, 6.07) is 5.82. The number of ketones is 1. The predicted octanol–water partition coefficient (Wildman–Crippen LogP) is 3.58. The maximum atomic E-state index is 11.8. The van der Waals surface area contributed by atoms with Crippen molar-refractivity contribution in [2.45, 2.75) is 26.7 Å². The summed E-state index contributed by atoms with van der Waals surface area (Å²) in [6.45, 7) is 4.33. The molecule has 1 aromatic rings. The Bertz CT molecular complexity index is 414. The first-order chi connectivity index (χ1) is 7.63. The number of azide groups is 1. The Labute approximate surface area is 94.9 Å². The molecule has 0 aliphatic carbocycles. The highest BCUT2D eigenvalue weighted by molar-refractivity contribution is 5.96. The van der Waals surface area contributed by atoms with Crippen LogP contribution in [-0.2, 0) is 0 Å². The number of nitrogens with zero attached hydrogens (tertiary/aromatic N) is 3. The number of aryl methyl sites for hydroxylation is 2. The molecule has 0 saturated heterocycles. The van der Waals surface area contributed by atoms with E-state index in [4.69, 9.17) is 5.53 Å². The lowest BCUT2D eigenvalue weighted by Crippen LogP contribution is -2.00. The molecule has 84 valence electrons. The van der Waals surface area contributed by atoms with Crippen molar-refractivity contribution in [1.82, 2.24) is 0 Å². The normalized spacial score (nSPS) is 9.62. The number of hydrogen-bond acceptors (Lipinski definition) is 2. The maximum Gasteiger partial charge on any atom is 0.162 e. The topological polar surface area (TPSA) is 65.8 Å². The van der Waals surface area contributed by atoms with Crippen molar-refractivity contribution in [1.29, 1.82) is 0 Å². The molecule has 0 amide bonds. The van der Waals surface area contributed by atoms with Crippen LogP contribution in [0.5, 0.6) is 0 Å². The predicted molar refractivity (Wildman–Crippen MR) is 63.5 cm³/mol. The van der Waals surface area contributed by atoms with Crippen molar-refractivity contribution in [3.05, 3.63) is 45.3 Å². The third-order valence-electron chi connectivity index (χ3n) is 2.27. The van der Waals surface area contributed by atoms with Crippen LogP contribution in [0.25, 0.3) is 10.4 Å². The van der Waals surface area contributed by atoms with Crippen LogP contribution < -0.4 is 0 Å². The first-order valence-corrected chi connectivity index (χ1v) is 5.26. The van der Waals surface area contributed by atoms with Crippen molar-refractivity contribution in [3.8, 4) is 0 Å². The van der Waals surface area contributed by atoms with Crippen molar-refractivity contribution >= 4 is 5.78 Å². The van der Waals surface area contributed by atoms with Crippen LogP contribution in [-0.4, -0.2) is 12.3 Å². The van der Waals surface area contributed by atoms with Gasteiger partial charge in [-0.15, -0.1) is 0 Å². The fourth-order valence-electron chi connectivity index (χ4n) is 1.64. The Morgan fingerprint density at radius 3 is 2.50 bits per heavy atom. The van der Waals surface area contributed by atoms with Crippen LogP contribution in [0.15, 0.2) is 23.3 Å². The Morgan fingerprint density at radius 2 is 1.94 bits per heavy atom. The molecular weight excluding hydrogens is 202 g/mol. The van der Waals surface area contributed by atoms with E-state index in [9.17, 15) is 4.79 Å². The van der Waals surface area contributed by atoms with E-state index < -0.39 is 0 Å². The highest BCUT2D eigenvalue weighted by Crippen LogP contribution is 2.11. The molecule has 0 aliphatic rings. The lowest BCUT2D eigenvalue weighted by atomic mass is 10.0. The molecule has 0 bridgehead atoms. The quantitative estimate of drug-likeness (QED) is 0.244. The smallest absolute Gasteiger partial charge is 0.162 e. The summed E-state index contributed by atoms with van der Waals surface area (Å²) in [7, 11) is 0. The largest absolute Gasteiger partial charge is 0.294 e. The first-order valence-electron chi connectivity index (χ1n) is 5.26. The molecule has 0 unspecified atom stereocenters. The van der Waals surface area contributed by atoms with Gasteiger partial charge in [-0.05, 0) is 37.9 Å². The van der Waals surface area contributed by atoms with Gasteiger partial charge in [-0.25, -0.2) is 0 Å². The second kappa shape index (κ2) is 5.93. The highest BCUT2D eigenvalue weighted by Gasteiger charge is 2.06. The van der Waals surface area contributed by atoms with Crippen LogP contribution in [0.4, 0.5) is 0 Å². The standard InChI is InChI=1S/C12H15N3O/c1-9-6-10(2)8-11(7-9)12(16)4-3-5-14-15-13/h6-8H,3-5H2,1-2H3. The molecule has 0 saturated carbocycles. The fourth-order valence-corrected chi connectivity index (χ4v) is 1.64. The number of carbonyl (C=O) groups excluding carboxylic acids is 1. The summed E-state index contributed by atoms with van der Waals surface area (Å²) in [6.07, 6.45) is 1.04. The Kier molecular flexibility index (Phi) is 4.55. The van der Waals surface area contributed by atoms with Gasteiger partial charge in [-0.1, -0.05) is 22.3 Å². The Balaban J connectivity index is 2.62. The van der Waals surface area contributed by atoms with E-state index in [1.165, 1.54) is 0 Å². The van der Waals surface area contributed by atoms with E-state index in [0.717, 1.165) is 16.7 Å². The Morgan fingerprint density at radius 1 is 1.31 bits per heavy atom. The monoisotopic (exact) mass is 217 g/mol. The number of Topliss-reactive ketones (excluding diaryl/α,β-unsaturated/α-hetero) is 1. The van der Waals surface area contributed by atoms with Gasteiger partial charge < -0.3 is 0 Å². The second-order valence-corrected chi connectivity index (χ2v) is 3.86. The van der Waals surface area contributed by atoms with Crippen LogP contribution in [0.2, 0.25) is 0 Å². The van der Waals surface area contributed by atoms with Gasteiger partial charge in [0.25, 0.3) is 0 Å². The fraction of sp³-hybridized carbons (Fsp3) is 0.417. The number of hydrogen-bond donors (Lipinski definition) is 0. The average Bonchev–Trinajstić information content (AvgIpc) is 2.22. The maximum absolute atomic E-state index is 11.8. The van der Waals surface area contributed by atoms with E-state index >= 15 is 0 Å². The van der Waals surface area contributed by atoms with E-state index in [1.54, 1.807) is 0 Å². The SMILES string of the molecule is Cc1cc(C)cc(C(=O)CCCN=[N+]=[N-])c1. The van der Waals surface area contributed by atoms with Crippen LogP contribution in [0.1, 0.15) is 34.3 Å². The van der Waals surface area contributed by atoms with Gasteiger partial charge in [0, 0.05) is 23.4 Å². The van der Waals surface area contributed by atoms with E-state index in [1.807, 2.05) is 32.0 Å². The zero-order chi connectivity index (χ0) is 12.0. The summed E-state index contributed by atoms with van der Waals surface area (Å²) >= 11 is 0. The summed E-state index contributed by atoms with van der Waals surface area (Å²) in [5.41, 5.74) is 11.0. The van der Waals surface area contributed by atoms with Crippen LogP contribution >= 0.6 is 0 Å². The molecule has 4 nitrogen and oxygen atoms in total. The molecule has 4 heteroatoms. The van der Waals surface area contributed by atoms with Crippen molar-refractivity contribution in [2.75, 3.05) is 6.54 Å². The van der Waals surface area contributed by atoms with Crippen molar-refractivity contribution in [2.24, 2.45) is 5.11 Å². The number of carbonyl (C=O) groups is 1. The zero-order valence-corrected chi connectivity index (χ0v) is 9.60. The van der Waals surface area contributed by atoms with Gasteiger partial charge in [-0.2, -0.15) is 0 Å². The summed E-state index contributed by atoms with van der Waals surface area (Å²) in [4.78, 5) is 14.4. The summed E-state index contributed by atoms with van der Waals surface area (Å²) < 4.78 is 0. The van der Waals surface area contributed by atoms with Crippen molar-refractivity contribution in [3.63, 3.8) is 0 Å². The minimum atomic E-state index is 0.111. The molecule has 0 radical (unpaired) electrons. The van der Waals surface area contributed by atoms with E-state index in [0.29, 0.717) is 19.4 Å². The molecule has 1 aromatic carbocycles. The van der Waals surface area contributed by atoms with E-state index in [2.05, 4.69) is 10.0 Å². The first kappa shape index (κ1) is 12.3. The molecule has 16 heavy (non-hydrogen) atoms. The van der Waals surface area contributed by atoms with Crippen molar-refractivity contribution < 1.29 is 4.79 Å². The molecule has 0 N–H and O–H groups in total. The summed E-state index contributed by atoms with van der Waals surface area (Å²) in [5.74, 6) is 0.111. The second-order valence-electron chi connectivity index (χ2n) is 3.86. The van der Waals surface area contributed by atoms with Crippen LogP contribution in [0, 0.1) is 13.8 Å². The zero-order valence-electron chi connectivity index (χ0n) is 9.60. The molecule has 0 spiro atoms. The molecule has 0 fully saturated rings. The number of benzene rings is 1. The lowest BCUT2D eigenvalue weighted by Gasteiger charge is -2.03. The third-order valence-corrected chi connectivity index (χ3v) is 2.27. The van der Waals surface area contributed by atoms with Gasteiger partial charge in [-0.3, -0.25) is 4.79 Å². The minimum absolute atomic E-state index is 0.111. The highest BCUT2D eigenvalue weighted by atomic mass is 16.1. The Hall–Kier alpha value is -1.80. The molecule has 0 aromatic heterocycles. The molecule has 1 rings (SSSR count). The van der Waals surface area contributed by atoms with Gasteiger partial charge in [0.05, 0.1) is 0 Å². The summed E-state index contributed by atoms with van der Waals surface area (Å²) in [5, 5.41) is 3.40. The molecule has 0 aliphatic heterocycles. The van der Waals surface area contributed by atoms with Gasteiger partial charge in [0.15, 0.2) is 5.78 Å². The average molecular weight is 217 g/mol. The number of rotatable bonds is 5. The van der Waals surface area contributed by atoms with E-state index in [-0.39, 0.29) is 5.78 Å².